The molecule has 8 nitrogen and oxygen atoms in total. The number of benzene rings is 1. The smallest absolute Gasteiger partial charge is 0.322 e. The molecule has 2 heterocycles. The third-order valence-electron chi connectivity index (χ3n) is 3.29. The summed E-state index contributed by atoms with van der Waals surface area (Å²) in [5.41, 5.74) is -0.0415. The van der Waals surface area contributed by atoms with Gasteiger partial charge in [0.05, 0.1) is 6.20 Å². The summed E-state index contributed by atoms with van der Waals surface area (Å²) in [6.07, 6.45) is 3.29. The zero-order chi connectivity index (χ0) is 20.4. The molecule has 3 N–H and O–H groups in total. The van der Waals surface area contributed by atoms with Crippen LogP contribution in [0.2, 0.25) is 5.02 Å². The molecular weight excluding hydrogens is 388 g/mol. The molecule has 1 aliphatic heterocycles. The minimum atomic E-state index is -1.04. The van der Waals surface area contributed by atoms with Gasteiger partial charge in [-0.1, -0.05) is 17.5 Å². The molecular formula is C19H17ClN2O6. The van der Waals surface area contributed by atoms with Crippen molar-refractivity contribution in [1.82, 2.24) is 10.3 Å². The van der Waals surface area contributed by atoms with Crippen molar-refractivity contribution in [2.75, 3.05) is 19.8 Å². The number of carboxylic acid groups (broad SMARTS) is 1. The molecule has 1 fully saturated rings. The second-order valence-corrected chi connectivity index (χ2v) is 6.05. The maximum Gasteiger partial charge on any atom is 0.322 e. The Morgan fingerprint density at radius 2 is 2.07 bits per heavy atom. The van der Waals surface area contributed by atoms with Crippen LogP contribution in [0, 0.1) is 11.8 Å². The van der Waals surface area contributed by atoms with Gasteiger partial charge >= 0.3 is 5.97 Å². The van der Waals surface area contributed by atoms with Crippen molar-refractivity contribution < 1.29 is 29.3 Å². The summed E-state index contributed by atoms with van der Waals surface area (Å²) in [6.45, 7) is 0.493. The highest BCUT2D eigenvalue weighted by Crippen LogP contribution is 2.26. The first kappa shape index (κ1) is 21.0. The average Bonchev–Trinajstić information content (AvgIpc) is 2.64. The minimum Gasteiger partial charge on any atom is -0.506 e. The maximum atomic E-state index is 9.54. The number of carbonyl (C=O) groups is 2. The van der Waals surface area contributed by atoms with Crippen molar-refractivity contribution in [3.63, 3.8) is 0 Å². The molecule has 0 bridgehead atoms. The number of rotatable bonds is 5. The van der Waals surface area contributed by atoms with Crippen LogP contribution in [0.3, 0.4) is 0 Å². The summed E-state index contributed by atoms with van der Waals surface area (Å²) in [5, 5.41) is 19.8. The van der Waals surface area contributed by atoms with Crippen molar-refractivity contribution >= 4 is 24.0 Å². The zero-order valence-corrected chi connectivity index (χ0v) is 15.3. The van der Waals surface area contributed by atoms with E-state index < -0.39 is 11.6 Å². The molecule has 0 radical (unpaired) electrons. The fourth-order valence-electron chi connectivity index (χ4n) is 1.98. The molecule has 1 aromatic heterocycles. The first-order valence-corrected chi connectivity index (χ1v) is 8.38. The Kier molecular flexibility index (Phi) is 7.63. The largest absolute Gasteiger partial charge is 0.506 e. The lowest BCUT2D eigenvalue weighted by atomic mass is 10.0. The van der Waals surface area contributed by atoms with Gasteiger partial charge in [-0.2, -0.15) is 0 Å². The summed E-state index contributed by atoms with van der Waals surface area (Å²) < 4.78 is 11.1. The molecule has 0 aliphatic carbocycles. The summed E-state index contributed by atoms with van der Waals surface area (Å²) >= 11 is 5.85. The van der Waals surface area contributed by atoms with Crippen LogP contribution in [0.1, 0.15) is 5.56 Å². The number of aromatic hydroxyl groups is 1. The molecule has 1 aliphatic rings. The number of carbonyl (C=O) groups excluding carboxylic acids is 1. The van der Waals surface area contributed by atoms with Gasteiger partial charge in [-0.3, -0.25) is 14.6 Å². The Morgan fingerprint density at radius 1 is 1.36 bits per heavy atom. The van der Waals surface area contributed by atoms with Crippen molar-refractivity contribution in [3.8, 4) is 23.3 Å². The van der Waals surface area contributed by atoms with E-state index in [1.807, 2.05) is 5.32 Å². The number of aromatic nitrogens is 1. The Bertz CT molecular complexity index is 872. The van der Waals surface area contributed by atoms with Crippen molar-refractivity contribution in [2.24, 2.45) is 0 Å². The third-order valence-corrected chi connectivity index (χ3v) is 3.54. The number of nitrogens with zero attached hydrogens (tertiary/aromatic N) is 1. The highest BCUT2D eigenvalue weighted by atomic mass is 35.5. The van der Waals surface area contributed by atoms with Crippen LogP contribution in [0.15, 0.2) is 42.7 Å². The molecule has 1 aromatic carbocycles. The minimum absolute atomic E-state index is 0.0827. The molecule has 0 spiro atoms. The molecule has 9 heteroatoms. The summed E-state index contributed by atoms with van der Waals surface area (Å²) in [4.78, 5) is 22.8. The molecule has 0 atom stereocenters. The fraction of sp³-hybridized carbons (Fsp3) is 0.211. The second-order valence-electron chi connectivity index (χ2n) is 5.62. The fourth-order valence-corrected chi connectivity index (χ4v) is 2.11. The Morgan fingerprint density at radius 3 is 2.57 bits per heavy atom. The number of hydrogen-bond donors (Lipinski definition) is 3. The number of hydrogen-bond acceptors (Lipinski definition) is 6. The monoisotopic (exact) mass is 404 g/mol. The van der Waals surface area contributed by atoms with Crippen molar-refractivity contribution in [3.05, 3.63) is 53.3 Å². The van der Waals surface area contributed by atoms with Gasteiger partial charge in [0.1, 0.15) is 31.3 Å². The van der Waals surface area contributed by atoms with E-state index in [1.54, 1.807) is 36.5 Å². The van der Waals surface area contributed by atoms with Crippen LogP contribution in [0.4, 0.5) is 0 Å². The van der Waals surface area contributed by atoms with Gasteiger partial charge in [-0.05, 0) is 36.3 Å². The molecule has 28 heavy (non-hydrogen) atoms. The lowest BCUT2D eigenvalue weighted by Crippen LogP contribution is -2.53. The van der Waals surface area contributed by atoms with Crippen LogP contribution < -0.4 is 10.1 Å². The van der Waals surface area contributed by atoms with E-state index in [9.17, 15) is 14.7 Å². The lowest BCUT2D eigenvalue weighted by molar-refractivity contribution is -0.136. The second kappa shape index (κ2) is 10.2. The van der Waals surface area contributed by atoms with Crippen molar-refractivity contribution in [2.45, 2.75) is 5.60 Å². The van der Waals surface area contributed by atoms with Gasteiger partial charge in [0.15, 0.2) is 0 Å². The van der Waals surface area contributed by atoms with E-state index in [0.29, 0.717) is 36.0 Å². The van der Waals surface area contributed by atoms with E-state index in [1.165, 1.54) is 6.20 Å². The molecule has 2 aromatic rings. The first-order valence-electron chi connectivity index (χ1n) is 8.01. The molecule has 146 valence electrons. The number of halogens is 1. The maximum absolute atomic E-state index is 9.54. The third kappa shape index (κ3) is 6.79. The zero-order valence-electron chi connectivity index (χ0n) is 14.6. The summed E-state index contributed by atoms with van der Waals surface area (Å²) in [5.74, 6) is 5.75. The highest BCUT2D eigenvalue weighted by Gasteiger charge is 2.39. The number of nitrogens with one attached hydrogen (secondary N) is 1. The van der Waals surface area contributed by atoms with Gasteiger partial charge in [-0.25, -0.2) is 0 Å². The average molecular weight is 405 g/mol. The number of amides is 1. The van der Waals surface area contributed by atoms with Gasteiger partial charge in [0.25, 0.3) is 0 Å². The van der Waals surface area contributed by atoms with Gasteiger partial charge in [0.2, 0.25) is 12.0 Å². The van der Waals surface area contributed by atoms with Crippen LogP contribution in [0.5, 0.6) is 11.5 Å². The molecule has 1 amide bonds. The van der Waals surface area contributed by atoms with Crippen LogP contribution >= 0.6 is 11.6 Å². The molecule has 0 unspecified atom stereocenters. The van der Waals surface area contributed by atoms with Crippen LogP contribution in [0.25, 0.3) is 0 Å². The Hall–Kier alpha value is -3.28. The summed E-state index contributed by atoms with van der Waals surface area (Å²) in [6, 6.07) is 8.66. The topological polar surface area (TPSA) is 118 Å². The SMILES string of the molecule is O=CNCC(=O)O.Oc1cncc(C#CC2(Oc3ccc(Cl)cc3)COC2)c1. The Labute approximate surface area is 166 Å². The molecule has 0 saturated carbocycles. The quantitative estimate of drug-likeness (QED) is 0.510. The van der Waals surface area contributed by atoms with Gasteiger partial charge in [-0.15, -0.1) is 0 Å². The van der Waals surface area contributed by atoms with E-state index >= 15 is 0 Å². The highest BCUT2D eigenvalue weighted by molar-refractivity contribution is 6.30. The van der Waals surface area contributed by atoms with E-state index in [4.69, 9.17) is 26.2 Å². The normalized spacial score (nSPS) is 13.5. The van der Waals surface area contributed by atoms with E-state index in [0.717, 1.165) is 0 Å². The lowest BCUT2D eigenvalue weighted by Gasteiger charge is -2.36. The number of carboxylic acids is 1. The van der Waals surface area contributed by atoms with E-state index in [-0.39, 0.29) is 12.3 Å². The van der Waals surface area contributed by atoms with Crippen molar-refractivity contribution in [1.29, 1.82) is 0 Å². The predicted octanol–water partition coefficient (Wildman–Crippen LogP) is 1.46. The summed E-state index contributed by atoms with van der Waals surface area (Å²) in [7, 11) is 0. The van der Waals surface area contributed by atoms with Crippen LogP contribution in [-0.2, 0) is 14.3 Å². The predicted molar refractivity (Wildman–Crippen MR) is 100 cm³/mol. The standard InChI is InChI=1S/C16H12ClNO3.C3H5NO3/c17-13-1-3-15(4-2-13)21-16(10-20-11-16)6-5-12-7-14(19)9-18-8-12;5-2-4-1-3(6)7/h1-4,7-9,19H,10-11H2;2H,1H2,(H,4,5)(H,6,7). The van der Waals surface area contributed by atoms with Gasteiger partial charge < -0.3 is 25.0 Å². The van der Waals surface area contributed by atoms with E-state index in [2.05, 4.69) is 16.8 Å². The number of pyridine rings is 1. The number of ether oxygens (including phenoxy) is 2. The Balaban J connectivity index is 0.000000345. The molecule has 1 saturated heterocycles. The van der Waals surface area contributed by atoms with Gasteiger partial charge in [0, 0.05) is 16.8 Å². The molecule has 3 rings (SSSR count). The first-order chi connectivity index (χ1) is 13.4. The number of aliphatic carboxylic acids is 1. The van der Waals surface area contributed by atoms with Crippen LogP contribution in [-0.4, -0.2) is 52.9 Å².